The summed E-state index contributed by atoms with van der Waals surface area (Å²) in [7, 11) is 1.41. The SMILES string of the molecule is COC(=O)CCCC=CC[C@H]1[C@H](COCc2ccccc2)[C@@H](OC2CCCCO2)C[C@H]1OC(C)=O. The molecule has 1 aliphatic carbocycles. The lowest BCUT2D eigenvalue weighted by molar-refractivity contribution is -0.199. The van der Waals surface area contributed by atoms with E-state index in [9.17, 15) is 9.59 Å². The van der Waals surface area contributed by atoms with Crippen molar-refractivity contribution in [3.63, 3.8) is 0 Å². The summed E-state index contributed by atoms with van der Waals surface area (Å²) in [5.74, 6) is -0.307. The molecular weight excluding hydrogens is 448 g/mol. The van der Waals surface area contributed by atoms with E-state index in [2.05, 4.69) is 24.3 Å². The van der Waals surface area contributed by atoms with E-state index in [0.717, 1.165) is 50.7 Å². The predicted octanol–water partition coefficient (Wildman–Crippen LogP) is 4.97. The Morgan fingerprint density at radius 3 is 2.63 bits per heavy atom. The van der Waals surface area contributed by atoms with Crippen LogP contribution in [-0.2, 0) is 39.9 Å². The fourth-order valence-corrected chi connectivity index (χ4v) is 4.93. The minimum atomic E-state index is -0.277. The Bertz CT molecular complexity index is 788. The molecule has 1 aromatic carbocycles. The van der Waals surface area contributed by atoms with E-state index in [4.69, 9.17) is 23.7 Å². The first kappa shape index (κ1) is 27.4. The second-order valence-corrected chi connectivity index (χ2v) is 9.36. The highest BCUT2D eigenvalue weighted by atomic mass is 16.7. The molecule has 3 rings (SSSR count). The summed E-state index contributed by atoms with van der Waals surface area (Å²) in [5, 5.41) is 0. The van der Waals surface area contributed by atoms with Crippen molar-refractivity contribution in [1.29, 1.82) is 0 Å². The lowest BCUT2D eigenvalue weighted by Gasteiger charge is -2.30. The van der Waals surface area contributed by atoms with Crippen LogP contribution in [0.5, 0.6) is 0 Å². The van der Waals surface area contributed by atoms with E-state index in [1.54, 1.807) is 0 Å². The van der Waals surface area contributed by atoms with Crippen molar-refractivity contribution >= 4 is 11.9 Å². The van der Waals surface area contributed by atoms with Gasteiger partial charge >= 0.3 is 11.9 Å². The Hall–Kier alpha value is -2.22. The largest absolute Gasteiger partial charge is 0.469 e. The van der Waals surface area contributed by atoms with Crippen molar-refractivity contribution in [2.75, 3.05) is 20.3 Å². The van der Waals surface area contributed by atoms with Crippen molar-refractivity contribution in [3.8, 4) is 0 Å². The van der Waals surface area contributed by atoms with Gasteiger partial charge in [-0.15, -0.1) is 0 Å². The first-order valence-electron chi connectivity index (χ1n) is 12.8. The lowest BCUT2D eigenvalue weighted by atomic mass is 9.90. The quantitative estimate of drug-likeness (QED) is 0.220. The van der Waals surface area contributed by atoms with Crippen molar-refractivity contribution in [1.82, 2.24) is 0 Å². The lowest BCUT2D eigenvalue weighted by Crippen LogP contribution is -2.33. The molecule has 7 nitrogen and oxygen atoms in total. The highest BCUT2D eigenvalue weighted by molar-refractivity contribution is 5.69. The van der Waals surface area contributed by atoms with Crippen LogP contribution in [0.2, 0.25) is 0 Å². The van der Waals surface area contributed by atoms with Crippen LogP contribution >= 0.6 is 0 Å². The summed E-state index contributed by atoms with van der Waals surface area (Å²) in [6, 6.07) is 10.1. The number of carbonyl (C=O) groups is 2. The number of unbranched alkanes of at least 4 members (excludes halogenated alkanes) is 1. The number of methoxy groups -OCH3 is 1. The molecular formula is C28H40O7. The van der Waals surface area contributed by atoms with E-state index < -0.39 is 0 Å². The minimum Gasteiger partial charge on any atom is -0.469 e. The topological polar surface area (TPSA) is 80.3 Å². The van der Waals surface area contributed by atoms with Gasteiger partial charge in [-0.1, -0.05) is 42.5 Å². The molecule has 0 aromatic heterocycles. The highest BCUT2D eigenvalue weighted by Crippen LogP contribution is 2.40. The average Bonchev–Trinajstić information content (AvgIpc) is 3.17. The van der Waals surface area contributed by atoms with Gasteiger partial charge in [-0.2, -0.15) is 0 Å². The standard InChI is InChI=1S/C28H40O7/c1-21(29)34-25-18-26(35-28-16-10-11-17-33-28)24(20-32-19-22-12-6-5-7-13-22)23(25)14-8-3-4-9-15-27(30)31-2/h3,5-8,12-13,23-26,28H,4,9-11,14-20H2,1-2H3/t23-,24-,25+,26-,28?/m0/s1. The summed E-state index contributed by atoms with van der Waals surface area (Å²) in [6.07, 6.45) is 10.1. The van der Waals surface area contributed by atoms with Gasteiger partial charge in [0.1, 0.15) is 6.10 Å². The molecule has 0 N–H and O–H groups in total. The van der Waals surface area contributed by atoms with Gasteiger partial charge in [-0.25, -0.2) is 0 Å². The van der Waals surface area contributed by atoms with Gasteiger partial charge in [0.05, 0.1) is 26.4 Å². The van der Waals surface area contributed by atoms with Crippen molar-refractivity contribution in [3.05, 3.63) is 48.0 Å². The smallest absolute Gasteiger partial charge is 0.305 e. The number of hydrogen-bond donors (Lipinski definition) is 0. The Kier molecular flexibility index (Phi) is 11.7. The van der Waals surface area contributed by atoms with Gasteiger partial charge in [0.2, 0.25) is 0 Å². The van der Waals surface area contributed by atoms with Gasteiger partial charge in [-0.3, -0.25) is 9.59 Å². The molecule has 0 amide bonds. The number of rotatable bonds is 13. The number of carbonyl (C=O) groups excluding carboxylic acids is 2. The Balaban J connectivity index is 1.64. The molecule has 2 aliphatic rings. The Morgan fingerprint density at radius 1 is 1.09 bits per heavy atom. The zero-order chi connectivity index (χ0) is 24.9. The number of hydrogen-bond acceptors (Lipinski definition) is 7. The first-order valence-corrected chi connectivity index (χ1v) is 12.8. The van der Waals surface area contributed by atoms with Crippen LogP contribution in [0.15, 0.2) is 42.5 Å². The van der Waals surface area contributed by atoms with Crippen LogP contribution in [0.1, 0.15) is 63.9 Å². The normalized spacial score (nSPS) is 26.6. The maximum absolute atomic E-state index is 11.9. The van der Waals surface area contributed by atoms with E-state index in [0.29, 0.717) is 26.1 Å². The maximum Gasteiger partial charge on any atom is 0.305 e. The van der Waals surface area contributed by atoms with Gasteiger partial charge in [0.15, 0.2) is 6.29 Å². The Labute approximate surface area is 209 Å². The summed E-state index contributed by atoms with van der Waals surface area (Å²) >= 11 is 0. The molecule has 1 saturated heterocycles. The van der Waals surface area contributed by atoms with E-state index in [-0.39, 0.29) is 42.3 Å². The highest BCUT2D eigenvalue weighted by Gasteiger charge is 2.46. The monoisotopic (exact) mass is 488 g/mol. The van der Waals surface area contributed by atoms with Crippen LogP contribution in [-0.4, -0.2) is 50.8 Å². The molecule has 2 fully saturated rings. The molecule has 35 heavy (non-hydrogen) atoms. The van der Waals surface area contributed by atoms with Crippen LogP contribution in [0.25, 0.3) is 0 Å². The summed E-state index contributed by atoms with van der Waals surface area (Å²) in [6.45, 7) is 3.22. The fourth-order valence-electron chi connectivity index (χ4n) is 4.93. The van der Waals surface area contributed by atoms with E-state index >= 15 is 0 Å². The molecule has 1 heterocycles. The van der Waals surface area contributed by atoms with Gasteiger partial charge in [-0.05, 0) is 44.1 Å². The van der Waals surface area contributed by atoms with Crippen molar-refractivity contribution < 1.29 is 33.3 Å². The maximum atomic E-state index is 11.9. The molecule has 0 spiro atoms. The number of esters is 2. The van der Waals surface area contributed by atoms with Crippen LogP contribution in [0.4, 0.5) is 0 Å². The third kappa shape index (κ3) is 9.39. The molecule has 7 heteroatoms. The Morgan fingerprint density at radius 2 is 1.91 bits per heavy atom. The van der Waals surface area contributed by atoms with Crippen molar-refractivity contribution in [2.45, 2.75) is 83.4 Å². The number of ether oxygens (including phenoxy) is 5. The summed E-state index contributed by atoms with van der Waals surface area (Å²) < 4.78 is 28.9. The zero-order valence-electron chi connectivity index (χ0n) is 21.1. The molecule has 0 bridgehead atoms. The second-order valence-electron chi connectivity index (χ2n) is 9.36. The molecule has 1 aliphatic heterocycles. The van der Waals surface area contributed by atoms with Gasteiger partial charge in [0.25, 0.3) is 0 Å². The molecule has 0 radical (unpaired) electrons. The predicted molar refractivity (Wildman–Crippen MR) is 131 cm³/mol. The van der Waals surface area contributed by atoms with E-state index in [1.807, 2.05) is 18.2 Å². The van der Waals surface area contributed by atoms with Crippen molar-refractivity contribution in [2.24, 2.45) is 11.8 Å². The van der Waals surface area contributed by atoms with Crippen LogP contribution < -0.4 is 0 Å². The summed E-state index contributed by atoms with van der Waals surface area (Å²) in [5.41, 5.74) is 1.12. The molecule has 194 valence electrons. The minimum absolute atomic E-state index is 0.0771. The molecule has 1 saturated carbocycles. The fraction of sp³-hybridized carbons (Fsp3) is 0.643. The third-order valence-electron chi connectivity index (χ3n) is 6.73. The van der Waals surface area contributed by atoms with Crippen LogP contribution in [0.3, 0.4) is 0 Å². The van der Waals surface area contributed by atoms with Gasteiger partial charge < -0.3 is 23.7 Å². The molecule has 1 aromatic rings. The van der Waals surface area contributed by atoms with Gasteiger partial charge in [0, 0.05) is 38.2 Å². The first-order chi connectivity index (χ1) is 17.1. The van der Waals surface area contributed by atoms with Crippen LogP contribution in [0, 0.1) is 11.8 Å². The number of benzene rings is 1. The summed E-state index contributed by atoms with van der Waals surface area (Å²) in [4.78, 5) is 23.2. The van der Waals surface area contributed by atoms with E-state index in [1.165, 1.54) is 14.0 Å². The number of allylic oxidation sites excluding steroid dienone is 2. The molecule has 5 atom stereocenters. The average molecular weight is 489 g/mol. The molecule has 1 unspecified atom stereocenters. The zero-order valence-corrected chi connectivity index (χ0v) is 21.1. The third-order valence-corrected chi connectivity index (χ3v) is 6.73. The second kappa shape index (κ2) is 15.0.